The van der Waals surface area contributed by atoms with E-state index in [9.17, 15) is 4.79 Å². The molecular formula is C8H11ClN2O2. The molecule has 0 bridgehead atoms. The first-order valence-corrected chi connectivity index (χ1v) is 3.49. The third-order valence-corrected chi connectivity index (χ3v) is 1.50. The van der Waals surface area contributed by atoms with Gasteiger partial charge in [-0.1, -0.05) is 6.07 Å². The molecule has 0 spiro atoms. The Balaban J connectivity index is 0.00000144. The van der Waals surface area contributed by atoms with E-state index in [2.05, 4.69) is 9.72 Å². The number of pyridine rings is 1. The van der Waals surface area contributed by atoms with Gasteiger partial charge in [-0.25, -0.2) is 0 Å². The van der Waals surface area contributed by atoms with Crippen molar-refractivity contribution in [2.24, 2.45) is 5.73 Å². The summed E-state index contributed by atoms with van der Waals surface area (Å²) in [6.07, 6.45) is 3.16. The number of carbonyl (C=O) groups is 1. The fourth-order valence-corrected chi connectivity index (χ4v) is 0.823. The van der Waals surface area contributed by atoms with E-state index in [-0.39, 0.29) is 12.4 Å². The van der Waals surface area contributed by atoms with Gasteiger partial charge in [0.1, 0.15) is 6.04 Å². The number of nitrogens with zero attached hydrogens (tertiary/aromatic N) is 1. The third-order valence-electron chi connectivity index (χ3n) is 1.50. The van der Waals surface area contributed by atoms with Gasteiger partial charge in [-0.3, -0.25) is 9.78 Å². The molecule has 0 amide bonds. The Bertz CT molecular complexity index is 266. The molecule has 1 rings (SSSR count). The van der Waals surface area contributed by atoms with Crippen LogP contribution in [0.4, 0.5) is 0 Å². The first-order valence-electron chi connectivity index (χ1n) is 3.49. The summed E-state index contributed by atoms with van der Waals surface area (Å²) in [6, 6.07) is 2.72. The highest BCUT2D eigenvalue weighted by Crippen LogP contribution is 2.08. The Labute approximate surface area is 82.5 Å². The maximum Gasteiger partial charge on any atom is 0.327 e. The molecule has 1 atom stereocenters. The zero-order chi connectivity index (χ0) is 8.97. The van der Waals surface area contributed by atoms with Crippen molar-refractivity contribution >= 4 is 18.4 Å². The van der Waals surface area contributed by atoms with Gasteiger partial charge in [-0.15, -0.1) is 12.4 Å². The zero-order valence-electron chi connectivity index (χ0n) is 7.14. The van der Waals surface area contributed by atoms with E-state index in [1.165, 1.54) is 7.11 Å². The van der Waals surface area contributed by atoms with Gasteiger partial charge in [0.25, 0.3) is 0 Å². The maximum absolute atomic E-state index is 10.9. The van der Waals surface area contributed by atoms with Gasteiger partial charge < -0.3 is 10.5 Å². The van der Waals surface area contributed by atoms with Crippen molar-refractivity contribution in [1.82, 2.24) is 4.98 Å². The number of carbonyl (C=O) groups excluding carboxylic acids is 1. The normalized spacial score (nSPS) is 11.2. The lowest BCUT2D eigenvalue weighted by Crippen LogP contribution is -2.22. The molecule has 5 heteroatoms. The zero-order valence-corrected chi connectivity index (χ0v) is 7.95. The highest BCUT2D eigenvalue weighted by atomic mass is 35.5. The lowest BCUT2D eigenvalue weighted by molar-refractivity contribution is -0.142. The molecule has 0 saturated carbocycles. The largest absolute Gasteiger partial charge is 0.468 e. The van der Waals surface area contributed by atoms with Gasteiger partial charge in [0.05, 0.1) is 7.11 Å². The molecule has 1 aromatic rings. The predicted molar refractivity (Wildman–Crippen MR) is 50.4 cm³/mol. The molecule has 13 heavy (non-hydrogen) atoms. The van der Waals surface area contributed by atoms with E-state index in [1.54, 1.807) is 24.5 Å². The molecule has 0 aromatic carbocycles. The highest BCUT2D eigenvalue weighted by molar-refractivity contribution is 5.85. The van der Waals surface area contributed by atoms with E-state index < -0.39 is 12.0 Å². The van der Waals surface area contributed by atoms with E-state index in [4.69, 9.17) is 5.73 Å². The summed E-state index contributed by atoms with van der Waals surface area (Å²) in [6.45, 7) is 0. The molecule has 72 valence electrons. The number of aromatic nitrogens is 1. The molecule has 0 unspecified atom stereocenters. The van der Waals surface area contributed by atoms with Crippen LogP contribution in [0.15, 0.2) is 24.5 Å². The second-order valence-corrected chi connectivity index (χ2v) is 2.29. The van der Waals surface area contributed by atoms with Gasteiger partial charge in [-0.2, -0.15) is 0 Å². The van der Waals surface area contributed by atoms with Gasteiger partial charge in [0, 0.05) is 12.4 Å². The van der Waals surface area contributed by atoms with Crippen LogP contribution in [0.3, 0.4) is 0 Å². The van der Waals surface area contributed by atoms with Crippen LogP contribution in [0, 0.1) is 0 Å². The Morgan fingerprint density at radius 1 is 1.69 bits per heavy atom. The molecule has 0 aliphatic carbocycles. The standard InChI is InChI=1S/C8H10N2O2.ClH/c1-12-8(11)7(9)6-3-2-4-10-5-6;/h2-5,7H,9H2,1H3;1H/t7-;/m0./s1. The van der Waals surface area contributed by atoms with Crippen LogP contribution in [-0.4, -0.2) is 18.1 Å². The fourth-order valence-electron chi connectivity index (χ4n) is 0.823. The molecule has 0 aliphatic rings. The molecule has 0 aliphatic heterocycles. The third kappa shape index (κ3) is 3.01. The van der Waals surface area contributed by atoms with Crippen LogP contribution in [0.1, 0.15) is 11.6 Å². The van der Waals surface area contributed by atoms with E-state index in [0.717, 1.165) is 0 Å². The van der Waals surface area contributed by atoms with Crippen molar-refractivity contribution in [3.8, 4) is 0 Å². The van der Waals surface area contributed by atoms with Crippen LogP contribution < -0.4 is 5.73 Å². The molecule has 4 nitrogen and oxygen atoms in total. The smallest absolute Gasteiger partial charge is 0.327 e. The summed E-state index contributed by atoms with van der Waals surface area (Å²) in [4.78, 5) is 14.8. The summed E-state index contributed by atoms with van der Waals surface area (Å²) in [5.74, 6) is -0.456. The average Bonchev–Trinajstić information content (AvgIpc) is 2.17. The topological polar surface area (TPSA) is 65.2 Å². The first-order chi connectivity index (χ1) is 5.75. The van der Waals surface area contributed by atoms with Crippen molar-refractivity contribution in [2.75, 3.05) is 7.11 Å². The SMILES string of the molecule is COC(=O)[C@@H](N)c1cccnc1.Cl. The Morgan fingerprint density at radius 2 is 2.38 bits per heavy atom. The first kappa shape index (κ1) is 11.9. The maximum atomic E-state index is 10.9. The fraction of sp³-hybridized carbons (Fsp3) is 0.250. The number of halogens is 1. The predicted octanol–water partition coefficient (Wildman–Crippen LogP) is 0.676. The van der Waals surface area contributed by atoms with Crippen molar-refractivity contribution in [1.29, 1.82) is 0 Å². The van der Waals surface area contributed by atoms with Crippen molar-refractivity contribution < 1.29 is 9.53 Å². The minimum atomic E-state index is -0.733. The highest BCUT2D eigenvalue weighted by Gasteiger charge is 2.15. The van der Waals surface area contributed by atoms with Gasteiger partial charge >= 0.3 is 5.97 Å². The lowest BCUT2D eigenvalue weighted by Gasteiger charge is -2.07. The van der Waals surface area contributed by atoms with Gasteiger partial charge in [-0.05, 0) is 11.6 Å². The van der Waals surface area contributed by atoms with Gasteiger partial charge in [0.2, 0.25) is 0 Å². The van der Waals surface area contributed by atoms with Crippen molar-refractivity contribution in [2.45, 2.75) is 6.04 Å². The minimum absolute atomic E-state index is 0. The monoisotopic (exact) mass is 202 g/mol. The van der Waals surface area contributed by atoms with Crippen LogP contribution in [-0.2, 0) is 9.53 Å². The van der Waals surface area contributed by atoms with Crippen LogP contribution in [0.5, 0.6) is 0 Å². The number of ether oxygens (including phenoxy) is 1. The number of nitrogens with two attached hydrogens (primary N) is 1. The second kappa shape index (κ2) is 5.50. The summed E-state index contributed by atoms with van der Waals surface area (Å²) in [7, 11) is 1.30. The van der Waals surface area contributed by atoms with E-state index >= 15 is 0 Å². The molecule has 2 N–H and O–H groups in total. The van der Waals surface area contributed by atoms with E-state index in [0.29, 0.717) is 5.56 Å². The van der Waals surface area contributed by atoms with Gasteiger partial charge in [0.15, 0.2) is 0 Å². The number of hydrogen-bond acceptors (Lipinski definition) is 4. The van der Waals surface area contributed by atoms with Crippen LogP contribution >= 0.6 is 12.4 Å². The average molecular weight is 203 g/mol. The molecule has 1 aromatic heterocycles. The van der Waals surface area contributed by atoms with E-state index in [1.807, 2.05) is 0 Å². The minimum Gasteiger partial charge on any atom is -0.468 e. The summed E-state index contributed by atoms with van der Waals surface area (Å²) in [5.41, 5.74) is 6.19. The number of methoxy groups -OCH3 is 1. The lowest BCUT2D eigenvalue weighted by atomic mass is 10.1. The van der Waals surface area contributed by atoms with Crippen molar-refractivity contribution in [3.05, 3.63) is 30.1 Å². The number of esters is 1. The Kier molecular flexibility index (Phi) is 5.03. The molecule has 0 fully saturated rings. The second-order valence-electron chi connectivity index (χ2n) is 2.29. The summed E-state index contributed by atoms with van der Waals surface area (Å²) >= 11 is 0. The van der Waals surface area contributed by atoms with Crippen LogP contribution in [0.25, 0.3) is 0 Å². The molecular weight excluding hydrogens is 192 g/mol. The number of rotatable bonds is 2. The molecule has 0 radical (unpaired) electrons. The summed E-state index contributed by atoms with van der Waals surface area (Å²) < 4.78 is 4.47. The number of hydrogen-bond donors (Lipinski definition) is 1. The molecule has 1 heterocycles. The Hall–Kier alpha value is -1.13. The quantitative estimate of drug-likeness (QED) is 0.717. The molecule has 0 saturated heterocycles. The van der Waals surface area contributed by atoms with Crippen molar-refractivity contribution in [3.63, 3.8) is 0 Å². The summed E-state index contributed by atoms with van der Waals surface area (Å²) in [5, 5.41) is 0. The Morgan fingerprint density at radius 3 is 2.85 bits per heavy atom. The van der Waals surface area contributed by atoms with Crippen LogP contribution in [0.2, 0.25) is 0 Å².